The lowest BCUT2D eigenvalue weighted by Gasteiger charge is -2.21. The van der Waals surface area contributed by atoms with Gasteiger partial charge in [0.25, 0.3) is 0 Å². The zero-order valence-electron chi connectivity index (χ0n) is 7.34. The van der Waals surface area contributed by atoms with E-state index in [4.69, 9.17) is 0 Å². The summed E-state index contributed by atoms with van der Waals surface area (Å²) < 4.78 is 0. The maximum atomic E-state index is 10.0. The first-order chi connectivity index (χ1) is 5.18. The van der Waals surface area contributed by atoms with Crippen molar-refractivity contribution < 1.29 is 4.80 Å². The van der Waals surface area contributed by atoms with Crippen LogP contribution in [-0.4, -0.2) is 13.1 Å². The van der Waals surface area contributed by atoms with Gasteiger partial charge in [-0.2, -0.15) is 0 Å². The Morgan fingerprint density at radius 1 is 1.27 bits per heavy atom. The van der Waals surface area contributed by atoms with Crippen LogP contribution in [0.1, 0.15) is 13.3 Å². The largest absolute Gasteiger partial charge is 0.431 e. The van der Waals surface area contributed by atoms with Crippen LogP contribution in [0.5, 0.6) is 0 Å². The fraction of sp³-hybridized carbons (Fsp3) is 0.556. The third-order valence-electron chi connectivity index (χ3n) is 1.76. The van der Waals surface area contributed by atoms with Crippen molar-refractivity contribution in [1.82, 2.24) is 0 Å². The topological polar surface area (TPSA) is 20.2 Å². The van der Waals surface area contributed by atoms with E-state index in [1.807, 2.05) is 12.2 Å². The average Bonchev–Trinajstić information content (AvgIpc) is 1.88. The molecule has 0 saturated heterocycles. The highest BCUT2D eigenvalue weighted by atomic mass is 28.4. The maximum absolute atomic E-state index is 10.0. The normalized spacial score (nSPS) is 11.1. The Labute approximate surface area is 70.6 Å². The minimum absolute atomic E-state index is 0.798. The lowest BCUT2D eigenvalue weighted by Crippen LogP contribution is -2.32. The van der Waals surface area contributed by atoms with Gasteiger partial charge in [0.2, 0.25) is 0 Å². The summed E-state index contributed by atoms with van der Waals surface area (Å²) in [7, 11) is -1.99. The third kappa shape index (κ3) is 4.17. The van der Waals surface area contributed by atoms with Crippen LogP contribution in [0.4, 0.5) is 0 Å². The quantitative estimate of drug-likeness (QED) is 0.480. The Morgan fingerprint density at radius 2 is 1.73 bits per heavy atom. The second-order valence-corrected chi connectivity index (χ2v) is 6.73. The lowest BCUT2D eigenvalue weighted by molar-refractivity contribution is 0.534. The Balaban J connectivity index is 3.98. The molecule has 0 aromatic carbocycles. The summed E-state index contributed by atoms with van der Waals surface area (Å²) in [5, 5.41) is 0. The van der Waals surface area contributed by atoms with E-state index in [9.17, 15) is 4.80 Å². The molecule has 0 aromatic rings. The van der Waals surface area contributed by atoms with Gasteiger partial charge in [-0.15, -0.1) is 13.2 Å². The molecule has 0 aromatic heterocycles. The van der Waals surface area contributed by atoms with Gasteiger partial charge in [-0.05, 0) is 18.1 Å². The molecule has 0 heterocycles. The number of hydrogen-bond donors (Lipinski definition) is 1. The zero-order valence-corrected chi connectivity index (χ0v) is 8.34. The van der Waals surface area contributed by atoms with Gasteiger partial charge in [-0.1, -0.05) is 25.5 Å². The highest BCUT2D eigenvalue weighted by molar-refractivity contribution is 6.73. The van der Waals surface area contributed by atoms with Crippen LogP contribution >= 0.6 is 0 Å². The molecule has 11 heavy (non-hydrogen) atoms. The highest BCUT2D eigenvalue weighted by Crippen LogP contribution is 2.19. The van der Waals surface area contributed by atoms with E-state index >= 15 is 0 Å². The minimum Gasteiger partial charge on any atom is -0.431 e. The van der Waals surface area contributed by atoms with Crippen molar-refractivity contribution in [2.24, 2.45) is 0 Å². The number of hydrogen-bond acceptors (Lipinski definition) is 1. The second-order valence-electron chi connectivity index (χ2n) is 2.96. The van der Waals surface area contributed by atoms with Crippen molar-refractivity contribution in [3.8, 4) is 0 Å². The molecular weight excluding hydrogens is 152 g/mol. The molecule has 0 spiro atoms. The monoisotopic (exact) mass is 170 g/mol. The van der Waals surface area contributed by atoms with Crippen molar-refractivity contribution >= 4 is 8.32 Å². The Kier molecular flexibility index (Phi) is 5.16. The SMILES string of the molecule is C=CC[Si](O)(CC=C)CCC. The van der Waals surface area contributed by atoms with Crippen LogP contribution in [0.2, 0.25) is 18.1 Å². The summed E-state index contributed by atoms with van der Waals surface area (Å²) >= 11 is 0. The summed E-state index contributed by atoms with van der Waals surface area (Å²) in [6.45, 7) is 9.40. The van der Waals surface area contributed by atoms with Crippen molar-refractivity contribution in [2.45, 2.75) is 31.5 Å². The van der Waals surface area contributed by atoms with Crippen molar-refractivity contribution in [3.05, 3.63) is 25.3 Å². The summed E-state index contributed by atoms with van der Waals surface area (Å²) in [5.74, 6) is 0. The van der Waals surface area contributed by atoms with Crippen molar-refractivity contribution in [1.29, 1.82) is 0 Å². The Morgan fingerprint density at radius 3 is 2.00 bits per heavy atom. The molecule has 1 N–H and O–H groups in total. The maximum Gasteiger partial charge on any atom is 0.195 e. The standard InChI is InChI=1S/C9H18OSi/c1-4-7-11(10,8-5-2)9-6-3/h4-5,10H,1-2,6-9H2,3H3. The van der Waals surface area contributed by atoms with Crippen molar-refractivity contribution in [3.63, 3.8) is 0 Å². The molecule has 0 saturated carbocycles. The predicted octanol–water partition coefficient (Wildman–Crippen LogP) is 2.71. The smallest absolute Gasteiger partial charge is 0.195 e. The molecule has 1 nitrogen and oxygen atoms in total. The number of rotatable bonds is 6. The summed E-state index contributed by atoms with van der Waals surface area (Å²) in [4.78, 5) is 10.0. The van der Waals surface area contributed by atoms with Crippen LogP contribution in [0.15, 0.2) is 25.3 Å². The summed E-state index contributed by atoms with van der Waals surface area (Å²) in [6.07, 6.45) is 4.71. The molecule has 0 fully saturated rings. The van der Waals surface area contributed by atoms with Gasteiger partial charge in [0.05, 0.1) is 0 Å². The van der Waals surface area contributed by atoms with E-state index in [0.29, 0.717) is 0 Å². The van der Waals surface area contributed by atoms with Crippen LogP contribution in [-0.2, 0) is 0 Å². The molecule has 0 aliphatic carbocycles. The molecule has 2 heteroatoms. The average molecular weight is 170 g/mol. The van der Waals surface area contributed by atoms with E-state index in [2.05, 4.69) is 20.1 Å². The molecule has 0 aliphatic heterocycles. The van der Waals surface area contributed by atoms with Gasteiger partial charge in [0.15, 0.2) is 8.32 Å². The molecule has 0 atom stereocenters. The summed E-state index contributed by atoms with van der Waals surface area (Å²) in [5.41, 5.74) is 0. The fourth-order valence-electron chi connectivity index (χ4n) is 1.29. The van der Waals surface area contributed by atoms with E-state index < -0.39 is 8.32 Å². The summed E-state index contributed by atoms with van der Waals surface area (Å²) in [6, 6.07) is 2.56. The van der Waals surface area contributed by atoms with Gasteiger partial charge >= 0.3 is 0 Å². The fourth-order valence-corrected chi connectivity index (χ4v) is 3.87. The van der Waals surface area contributed by atoms with E-state index in [1.165, 1.54) is 0 Å². The van der Waals surface area contributed by atoms with E-state index in [-0.39, 0.29) is 0 Å². The van der Waals surface area contributed by atoms with Gasteiger partial charge in [-0.25, -0.2) is 0 Å². The predicted molar refractivity (Wildman–Crippen MR) is 53.1 cm³/mol. The molecule has 0 aliphatic rings. The van der Waals surface area contributed by atoms with Gasteiger partial charge in [-0.3, -0.25) is 0 Å². The minimum atomic E-state index is -1.99. The molecule has 0 unspecified atom stereocenters. The van der Waals surface area contributed by atoms with E-state index in [0.717, 1.165) is 24.6 Å². The second kappa shape index (κ2) is 5.33. The molecule has 0 rings (SSSR count). The molecule has 0 amide bonds. The Hall–Kier alpha value is -0.343. The first-order valence-electron chi connectivity index (χ1n) is 4.12. The third-order valence-corrected chi connectivity index (χ3v) is 5.29. The van der Waals surface area contributed by atoms with Crippen molar-refractivity contribution in [2.75, 3.05) is 0 Å². The van der Waals surface area contributed by atoms with Gasteiger partial charge in [0.1, 0.15) is 0 Å². The molecule has 0 bridgehead atoms. The van der Waals surface area contributed by atoms with Crippen LogP contribution in [0.25, 0.3) is 0 Å². The lowest BCUT2D eigenvalue weighted by atomic mass is 10.6. The zero-order chi connectivity index (χ0) is 8.74. The highest BCUT2D eigenvalue weighted by Gasteiger charge is 2.26. The van der Waals surface area contributed by atoms with E-state index in [1.54, 1.807) is 0 Å². The molecule has 64 valence electrons. The molecule has 0 radical (unpaired) electrons. The molecular formula is C9H18OSi. The van der Waals surface area contributed by atoms with Crippen LogP contribution in [0.3, 0.4) is 0 Å². The van der Waals surface area contributed by atoms with Gasteiger partial charge < -0.3 is 4.80 Å². The van der Waals surface area contributed by atoms with Crippen LogP contribution < -0.4 is 0 Å². The van der Waals surface area contributed by atoms with Crippen LogP contribution in [0, 0.1) is 0 Å². The number of allylic oxidation sites excluding steroid dienone is 2. The first kappa shape index (κ1) is 10.7. The first-order valence-corrected chi connectivity index (χ1v) is 6.69. The van der Waals surface area contributed by atoms with Gasteiger partial charge in [0, 0.05) is 0 Å². The Bertz CT molecular complexity index is 122.